The van der Waals surface area contributed by atoms with Crippen LogP contribution in [0.4, 0.5) is 5.69 Å². The van der Waals surface area contributed by atoms with Gasteiger partial charge in [0.2, 0.25) is 5.91 Å². The Labute approximate surface area is 201 Å². The monoisotopic (exact) mass is 541 g/mol. The van der Waals surface area contributed by atoms with E-state index in [-0.39, 0.29) is 29.9 Å². The van der Waals surface area contributed by atoms with Crippen molar-refractivity contribution in [2.24, 2.45) is 4.99 Å². The molecule has 1 amide bonds. The molecule has 0 fully saturated rings. The molecule has 8 heteroatoms. The highest BCUT2D eigenvalue weighted by molar-refractivity contribution is 14.0. The van der Waals surface area contributed by atoms with Crippen LogP contribution in [-0.2, 0) is 11.3 Å². The van der Waals surface area contributed by atoms with E-state index in [2.05, 4.69) is 45.2 Å². The van der Waals surface area contributed by atoms with Gasteiger partial charge in [0.25, 0.3) is 0 Å². The molecule has 2 aromatic carbocycles. The Balaban J connectivity index is 0.00000450. The van der Waals surface area contributed by atoms with Crippen molar-refractivity contribution in [2.75, 3.05) is 45.3 Å². The number of hydrogen-bond acceptors (Lipinski definition) is 4. The molecule has 2 aromatic rings. The standard InChI is InChI=1S/C22H31N5OS.HI/c1-23-22(24-13-8-14-29-20-11-5-4-6-12-20)25-16-18-9-7-10-19(15-18)26-21(28)17-27(2)3;/h4-7,9-12,15H,8,13-14,16-17H2,1-3H3,(H,26,28)(H2,23,24,25);1H. The van der Waals surface area contributed by atoms with Crippen molar-refractivity contribution in [2.45, 2.75) is 17.9 Å². The molecule has 0 spiro atoms. The van der Waals surface area contributed by atoms with Crippen LogP contribution in [0.5, 0.6) is 0 Å². The molecule has 0 saturated carbocycles. The number of halogens is 1. The summed E-state index contributed by atoms with van der Waals surface area (Å²) < 4.78 is 0. The molecule has 0 aliphatic heterocycles. The zero-order valence-corrected chi connectivity index (χ0v) is 21.0. The summed E-state index contributed by atoms with van der Waals surface area (Å²) in [5, 5.41) is 9.58. The van der Waals surface area contributed by atoms with E-state index in [1.165, 1.54) is 4.90 Å². The van der Waals surface area contributed by atoms with Crippen molar-refractivity contribution in [3.05, 3.63) is 60.2 Å². The molecule has 0 aliphatic carbocycles. The third-order valence-electron chi connectivity index (χ3n) is 3.98. The number of hydrogen-bond donors (Lipinski definition) is 3. The summed E-state index contributed by atoms with van der Waals surface area (Å²) in [4.78, 5) is 19.3. The molecule has 0 bridgehead atoms. The molecule has 6 nitrogen and oxygen atoms in total. The molecule has 0 aromatic heterocycles. The van der Waals surface area contributed by atoms with Crippen LogP contribution in [0.25, 0.3) is 0 Å². The highest BCUT2D eigenvalue weighted by Crippen LogP contribution is 2.17. The van der Waals surface area contributed by atoms with Crippen LogP contribution in [0.2, 0.25) is 0 Å². The number of aliphatic imine (C=N–C) groups is 1. The van der Waals surface area contributed by atoms with Crippen LogP contribution >= 0.6 is 35.7 Å². The Morgan fingerprint density at radius 3 is 2.53 bits per heavy atom. The lowest BCUT2D eigenvalue weighted by Crippen LogP contribution is -2.37. The van der Waals surface area contributed by atoms with Gasteiger partial charge in [-0.05, 0) is 56.1 Å². The first kappa shape index (κ1) is 26.3. The zero-order chi connectivity index (χ0) is 20.9. The lowest BCUT2D eigenvalue weighted by Gasteiger charge is -2.13. The minimum Gasteiger partial charge on any atom is -0.356 e. The van der Waals surface area contributed by atoms with E-state index in [4.69, 9.17) is 0 Å². The SMILES string of the molecule is CN=C(NCCCSc1ccccc1)NCc1cccc(NC(=O)CN(C)C)c1.I. The van der Waals surface area contributed by atoms with E-state index in [1.54, 1.807) is 7.05 Å². The van der Waals surface area contributed by atoms with Gasteiger partial charge in [0, 0.05) is 30.7 Å². The van der Waals surface area contributed by atoms with Crippen molar-refractivity contribution >= 4 is 53.3 Å². The summed E-state index contributed by atoms with van der Waals surface area (Å²) in [6.45, 7) is 1.86. The largest absolute Gasteiger partial charge is 0.356 e. The second-order valence-corrected chi connectivity index (χ2v) is 8.02. The van der Waals surface area contributed by atoms with Gasteiger partial charge in [-0.25, -0.2) is 0 Å². The van der Waals surface area contributed by atoms with E-state index in [1.807, 2.05) is 61.1 Å². The first-order chi connectivity index (χ1) is 14.1. The van der Waals surface area contributed by atoms with Gasteiger partial charge < -0.3 is 20.9 Å². The zero-order valence-electron chi connectivity index (χ0n) is 17.9. The van der Waals surface area contributed by atoms with E-state index in [0.717, 1.165) is 35.9 Å². The van der Waals surface area contributed by atoms with E-state index >= 15 is 0 Å². The van der Waals surface area contributed by atoms with Crippen LogP contribution in [0.1, 0.15) is 12.0 Å². The Morgan fingerprint density at radius 2 is 1.83 bits per heavy atom. The highest BCUT2D eigenvalue weighted by Gasteiger charge is 2.05. The Morgan fingerprint density at radius 1 is 1.07 bits per heavy atom. The number of amides is 1. The maximum atomic E-state index is 11.9. The summed E-state index contributed by atoms with van der Waals surface area (Å²) in [6, 6.07) is 18.3. The fourth-order valence-corrected chi connectivity index (χ4v) is 3.51. The minimum absolute atomic E-state index is 0. The fourth-order valence-electron chi connectivity index (χ4n) is 2.64. The number of nitrogens with one attached hydrogen (secondary N) is 3. The fraction of sp³-hybridized carbons (Fsp3) is 0.364. The van der Waals surface area contributed by atoms with Crippen molar-refractivity contribution < 1.29 is 4.79 Å². The van der Waals surface area contributed by atoms with Gasteiger partial charge in [0.1, 0.15) is 0 Å². The molecule has 2 rings (SSSR count). The topological polar surface area (TPSA) is 68.8 Å². The van der Waals surface area contributed by atoms with Crippen LogP contribution < -0.4 is 16.0 Å². The summed E-state index contributed by atoms with van der Waals surface area (Å²) in [7, 11) is 5.52. The lowest BCUT2D eigenvalue weighted by atomic mass is 10.2. The number of nitrogens with zero attached hydrogens (tertiary/aromatic N) is 2. The lowest BCUT2D eigenvalue weighted by molar-refractivity contribution is -0.116. The Bertz CT molecular complexity index is 786. The first-order valence-electron chi connectivity index (χ1n) is 9.72. The molecule has 0 unspecified atom stereocenters. The smallest absolute Gasteiger partial charge is 0.238 e. The van der Waals surface area contributed by atoms with Gasteiger partial charge in [0.15, 0.2) is 5.96 Å². The average Bonchev–Trinajstić information content (AvgIpc) is 2.70. The van der Waals surface area contributed by atoms with Gasteiger partial charge in [-0.1, -0.05) is 30.3 Å². The number of carbonyl (C=O) groups excluding carboxylic acids is 1. The number of anilines is 1. The summed E-state index contributed by atoms with van der Waals surface area (Å²) in [5.41, 5.74) is 1.88. The molecule has 0 aliphatic rings. The number of guanidine groups is 1. The number of rotatable bonds is 10. The van der Waals surface area contributed by atoms with Gasteiger partial charge in [-0.3, -0.25) is 9.79 Å². The van der Waals surface area contributed by atoms with E-state index < -0.39 is 0 Å². The molecular formula is C22H32IN5OS. The number of carbonyl (C=O) groups is 1. The molecule has 30 heavy (non-hydrogen) atoms. The van der Waals surface area contributed by atoms with Gasteiger partial charge in [-0.15, -0.1) is 35.7 Å². The second-order valence-electron chi connectivity index (χ2n) is 6.85. The van der Waals surface area contributed by atoms with Crippen molar-refractivity contribution in [1.29, 1.82) is 0 Å². The maximum absolute atomic E-state index is 11.9. The van der Waals surface area contributed by atoms with Crippen LogP contribution in [-0.4, -0.2) is 56.8 Å². The average molecular weight is 542 g/mol. The molecular weight excluding hydrogens is 509 g/mol. The van der Waals surface area contributed by atoms with Crippen LogP contribution in [0.15, 0.2) is 64.5 Å². The van der Waals surface area contributed by atoms with E-state index in [0.29, 0.717) is 13.1 Å². The summed E-state index contributed by atoms with van der Waals surface area (Å²) in [6.07, 6.45) is 1.05. The molecule has 0 atom stereocenters. The molecule has 0 heterocycles. The molecule has 164 valence electrons. The van der Waals surface area contributed by atoms with Crippen LogP contribution in [0.3, 0.4) is 0 Å². The van der Waals surface area contributed by atoms with E-state index in [9.17, 15) is 4.79 Å². The molecule has 3 N–H and O–H groups in total. The number of thioether (sulfide) groups is 1. The quantitative estimate of drug-likeness (QED) is 0.141. The maximum Gasteiger partial charge on any atom is 0.238 e. The predicted octanol–water partition coefficient (Wildman–Crippen LogP) is 3.65. The predicted molar refractivity (Wildman–Crippen MR) is 139 cm³/mol. The Kier molecular flexibility index (Phi) is 13.2. The van der Waals surface area contributed by atoms with Crippen molar-refractivity contribution in [3.8, 4) is 0 Å². The summed E-state index contributed by atoms with van der Waals surface area (Å²) >= 11 is 1.86. The first-order valence-corrected chi connectivity index (χ1v) is 10.7. The number of benzene rings is 2. The summed E-state index contributed by atoms with van der Waals surface area (Å²) in [5.74, 6) is 1.81. The second kappa shape index (κ2) is 15.1. The van der Waals surface area contributed by atoms with Crippen molar-refractivity contribution in [3.63, 3.8) is 0 Å². The normalized spacial score (nSPS) is 11.0. The molecule has 0 radical (unpaired) electrons. The van der Waals surface area contributed by atoms with Gasteiger partial charge >= 0.3 is 0 Å². The molecule has 0 saturated heterocycles. The van der Waals surface area contributed by atoms with Gasteiger partial charge in [-0.2, -0.15) is 0 Å². The third-order valence-corrected chi connectivity index (χ3v) is 5.08. The Hall–Kier alpha value is -1.78. The van der Waals surface area contributed by atoms with Crippen LogP contribution in [0, 0.1) is 0 Å². The third kappa shape index (κ3) is 10.8. The van der Waals surface area contributed by atoms with Crippen molar-refractivity contribution in [1.82, 2.24) is 15.5 Å². The minimum atomic E-state index is -0.0223. The van der Waals surface area contributed by atoms with Gasteiger partial charge in [0.05, 0.1) is 6.54 Å². The highest BCUT2D eigenvalue weighted by atomic mass is 127. The number of likely N-dealkylation sites (N-methyl/N-ethyl adjacent to an activating group) is 1.